The molecule has 80 valence electrons. The summed E-state index contributed by atoms with van der Waals surface area (Å²) in [6, 6.07) is 0. The summed E-state index contributed by atoms with van der Waals surface area (Å²) in [5.41, 5.74) is 0. The molecule has 0 aromatic heterocycles. The zero-order valence-electron chi connectivity index (χ0n) is 7.46. The van der Waals surface area contributed by atoms with Gasteiger partial charge in [0.05, 0.1) is 12.7 Å². The van der Waals surface area contributed by atoms with Crippen molar-refractivity contribution in [3.8, 4) is 0 Å². The van der Waals surface area contributed by atoms with E-state index in [1.165, 1.54) is 0 Å². The van der Waals surface area contributed by atoms with E-state index in [9.17, 15) is 5.11 Å². The molecule has 6 nitrogen and oxygen atoms in total. The monoisotopic (exact) mass is 195 g/mol. The Morgan fingerprint density at radius 2 is 1.46 bits per heavy atom. The molecule has 0 radical (unpaired) electrons. The van der Waals surface area contributed by atoms with Gasteiger partial charge in [0.2, 0.25) is 0 Å². The van der Waals surface area contributed by atoms with Crippen LogP contribution in [0, 0.1) is 0 Å². The van der Waals surface area contributed by atoms with E-state index in [2.05, 4.69) is 5.32 Å². The smallest absolute Gasteiger partial charge is 0.111 e. The van der Waals surface area contributed by atoms with Crippen molar-refractivity contribution in [2.45, 2.75) is 24.4 Å². The zero-order chi connectivity index (χ0) is 10.4. The van der Waals surface area contributed by atoms with E-state index in [4.69, 9.17) is 20.4 Å². The first kappa shape index (κ1) is 12.8. The number of hydrogen-bond acceptors (Lipinski definition) is 6. The fourth-order valence-corrected chi connectivity index (χ4v) is 0.893. The van der Waals surface area contributed by atoms with Crippen LogP contribution in [0.3, 0.4) is 0 Å². The largest absolute Gasteiger partial charge is 0.394 e. The highest BCUT2D eigenvalue weighted by molar-refractivity contribution is 4.81. The molecule has 0 aliphatic heterocycles. The second kappa shape index (κ2) is 6.25. The maximum Gasteiger partial charge on any atom is 0.111 e. The van der Waals surface area contributed by atoms with Crippen LogP contribution in [0.5, 0.6) is 0 Å². The maximum absolute atomic E-state index is 9.21. The van der Waals surface area contributed by atoms with Gasteiger partial charge in [-0.3, -0.25) is 0 Å². The predicted molar refractivity (Wildman–Crippen MR) is 45.0 cm³/mol. The lowest BCUT2D eigenvalue weighted by atomic mass is 10.0. The molecule has 0 saturated carbocycles. The number of likely N-dealkylation sites (N-methyl/N-ethyl adjacent to an activating group) is 1. The summed E-state index contributed by atoms with van der Waals surface area (Å²) in [6.07, 6.45) is -5.65. The highest BCUT2D eigenvalue weighted by atomic mass is 16.4. The second-order valence-electron chi connectivity index (χ2n) is 2.86. The summed E-state index contributed by atoms with van der Waals surface area (Å²) in [7, 11) is 1.57. The highest BCUT2D eigenvalue weighted by Crippen LogP contribution is 2.04. The topological polar surface area (TPSA) is 113 Å². The lowest BCUT2D eigenvalue weighted by molar-refractivity contribution is -0.113. The molecule has 0 spiro atoms. The average Bonchev–Trinajstić information content (AvgIpc) is 2.14. The fourth-order valence-electron chi connectivity index (χ4n) is 0.893. The SMILES string of the molecule is CNC[C@@H](O)[C@@H](O)[C@H](O)[C@@H](O)CO. The van der Waals surface area contributed by atoms with Gasteiger partial charge in [-0.2, -0.15) is 0 Å². The molecular weight excluding hydrogens is 178 g/mol. The van der Waals surface area contributed by atoms with Crippen LogP contribution < -0.4 is 5.32 Å². The van der Waals surface area contributed by atoms with Crippen molar-refractivity contribution in [1.82, 2.24) is 5.32 Å². The number of aliphatic hydroxyl groups is 5. The van der Waals surface area contributed by atoms with Gasteiger partial charge in [0.1, 0.15) is 18.3 Å². The van der Waals surface area contributed by atoms with Gasteiger partial charge in [-0.05, 0) is 7.05 Å². The van der Waals surface area contributed by atoms with E-state index in [0.29, 0.717) is 0 Å². The number of nitrogens with one attached hydrogen (secondary N) is 1. The summed E-state index contributed by atoms with van der Waals surface area (Å²) in [6.45, 7) is -0.569. The van der Waals surface area contributed by atoms with Crippen LogP contribution in [0.15, 0.2) is 0 Å². The first-order chi connectivity index (χ1) is 6.04. The first-order valence-electron chi connectivity index (χ1n) is 4.02. The van der Waals surface area contributed by atoms with E-state index in [0.717, 1.165) is 0 Å². The Hall–Kier alpha value is -0.240. The minimum absolute atomic E-state index is 0.0936. The fraction of sp³-hybridized carbons (Fsp3) is 1.00. The van der Waals surface area contributed by atoms with Crippen molar-refractivity contribution in [2.24, 2.45) is 0 Å². The predicted octanol–water partition coefficient (Wildman–Crippen LogP) is -3.36. The lowest BCUT2D eigenvalue weighted by Gasteiger charge is -2.25. The summed E-state index contributed by atoms with van der Waals surface area (Å²) in [4.78, 5) is 0. The Bertz CT molecular complexity index is 134. The minimum atomic E-state index is -1.55. The van der Waals surface area contributed by atoms with Gasteiger partial charge in [-0.15, -0.1) is 0 Å². The van der Waals surface area contributed by atoms with Crippen LogP contribution in [0.2, 0.25) is 0 Å². The highest BCUT2D eigenvalue weighted by Gasteiger charge is 2.29. The molecule has 0 fully saturated rings. The Kier molecular flexibility index (Phi) is 6.13. The first-order valence-corrected chi connectivity index (χ1v) is 4.02. The third-order valence-electron chi connectivity index (χ3n) is 1.74. The molecule has 0 aliphatic rings. The third-order valence-corrected chi connectivity index (χ3v) is 1.74. The Morgan fingerprint density at radius 3 is 1.85 bits per heavy atom. The second-order valence-corrected chi connectivity index (χ2v) is 2.86. The van der Waals surface area contributed by atoms with Crippen LogP contribution in [0.1, 0.15) is 0 Å². The van der Waals surface area contributed by atoms with E-state index < -0.39 is 31.0 Å². The van der Waals surface area contributed by atoms with Gasteiger partial charge in [0.15, 0.2) is 0 Å². The lowest BCUT2D eigenvalue weighted by Crippen LogP contribution is -2.48. The van der Waals surface area contributed by atoms with Crippen molar-refractivity contribution in [3.63, 3.8) is 0 Å². The van der Waals surface area contributed by atoms with Gasteiger partial charge in [0, 0.05) is 6.54 Å². The summed E-state index contributed by atoms with van der Waals surface area (Å²) in [5.74, 6) is 0. The molecule has 0 heterocycles. The molecule has 0 aliphatic carbocycles. The van der Waals surface area contributed by atoms with Gasteiger partial charge < -0.3 is 30.8 Å². The number of rotatable bonds is 6. The minimum Gasteiger partial charge on any atom is -0.394 e. The van der Waals surface area contributed by atoms with Crippen molar-refractivity contribution in [2.75, 3.05) is 20.2 Å². The van der Waals surface area contributed by atoms with E-state index in [1.54, 1.807) is 7.05 Å². The summed E-state index contributed by atoms with van der Waals surface area (Å²) >= 11 is 0. The molecule has 0 rings (SSSR count). The molecule has 0 unspecified atom stereocenters. The third kappa shape index (κ3) is 3.99. The Balaban J connectivity index is 3.99. The number of aliphatic hydroxyl groups excluding tert-OH is 5. The van der Waals surface area contributed by atoms with Crippen LogP contribution in [-0.4, -0.2) is 70.1 Å². The quantitative estimate of drug-likeness (QED) is 0.264. The van der Waals surface area contributed by atoms with E-state index in [-0.39, 0.29) is 6.54 Å². The van der Waals surface area contributed by atoms with Gasteiger partial charge in [-0.1, -0.05) is 0 Å². The van der Waals surface area contributed by atoms with Crippen molar-refractivity contribution >= 4 is 0 Å². The molecule has 0 saturated heterocycles. The van der Waals surface area contributed by atoms with Crippen LogP contribution in [-0.2, 0) is 0 Å². The van der Waals surface area contributed by atoms with Gasteiger partial charge in [0.25, 0.3) is 0 Å². The van der Waals surface area contributed by atoms with Crippen molar-refractivity contribution in [3.05, 3.63) is 0 Å². The molecular formula is C7H17NO5. The van der Waals surface area contributed by atoms with Crippen LogP contribution in [0.4, 0.5) is 0 Å². The maximum atomic E-state index is 9.21. The van der Waals surface area contributed by atoms with Crippen molar-refractivity contribution < 1.29 is 25.5 Å². The molecule has 6 heteroatoms. The number of hydrogen-bond donors (Lipinski definition) is 6. The van der Waals surface area contributed by atoms with E-state index >= 15 is 0 Å². The normalized spacial score (nSPS) is 20.8. The molecule has 13 heavy (non-hydrogen) atoms. The molecule has 4 atom stereocenters. The molecule has 0 amide bonds. The Morgan fingerprint density at radius 1 is 1.00 bits per heavy atom. The summed E-state index contributed by atoms with van der Waals surface area (Å²) in [5, 5.41) is 47.5. The molecule has 6 N–H and O–H groups in total. The van der Waals surface area contributed by atoms with Gasteiger partial charge >= 0.3 is 0 Å². The standard InChI is InChI=1S/C7H17NO5/c1-8-2-4(10)6(12)7(13)5(11)3-9/h4-13H,2-3H2,1H3/t4-,5+,6-,7-/m1/s1. The molecule has 0 aromatic rings. The molecule has 0 bridgehead atoms. The Labute approximate surface area is 76.4 Å². The van der Waals surface area contributed by atoms with Crippen LogP contribution >= 0.6 is 0 Å². The zero-order valence-corrected chi connectivity index (χ0v) is 7.46. The van der Waals surface area contributed by atoms with Crippen LogP contribution in [0.25, 0.3) is 0 Å². The van der Waals surface area contributed by atoms with E-state index in [1.807, 2.05) is 0 Å². The van der Waals surface area contributed by atoms with Crippen molar-refractivity contribution in [1.29, 1.82) is 0 Å². The van der Waals surface area contributed by atoms with Gasteiger partial charge in [-0.25, -0.2) is 0 Å². The average molecular weight is 195 g/mol. The summed E-state index contributed by atoms with van der Waals surface area (Å²) < 4.78 is 0. The molecule has 0 aromatic carbocycles.